The second kappa shape index (κ2) is 3.75. The number of rotatable bonds is 3. The number of carbonyl (C=O) groups is 2. The number of aliphatic carboxylic acids is 1. The predicted molar refractivity (Wildman–Crippen MR) is 40.8 cm³/mol. The summed E-state index contributed by atoms with van der Waals surface area (Å²) in [4.78, 5) is 24.6. The van der Waals surface area contributed by atoms with Crippen LogP contribution in [0.4, 0.5) is 4.39 Å². The van der Waals surface area contributed by atoms with Crippen LogP contribution in [-0.2, 0) is 4.79 Å². The Hall–Kier alpha value is -1.78. The number of aromatic nitrogens is 1. The molecule has 0 bridgehead atoms. The predicted octanol–water partition coefficient (Wildman–Crippen LogP) is 0.878. The highest BCUT2D eigenvalue weighted by Crippen LogP contribution is 2.01. The van der Waals surface area contributed by atoms with Crippen molar-refractivity contribution in [2.24, 2.45) is 0 Å². The first-order valence-electron chi connectivity index (χ1n) is 3.46. The molecular formula is C8H6FNO3. The summed E-state index contributed by atoms with van der Waals surface area (Å²) in [7, 11) is 0. The minimum absolute atomic E-state index is 0.0381. The average molecular weight is 183 g/mol. The molecule has 0 aliphatic heterocycles. The van der Waals surface area contributed by atoms with E-state index in [0.29, 0.717) is 0 Å². The normalized spacial score (nSPS) is 9.62. The van der Waals surface area contributed by atoms with Gasteiger partial charge in [0.2, 0.25) is 0 Å². The van der Waals surface area contributed by atoms with Crippen molar-refractivity contribution in [2.75, 3.05) is 0 Å². The van der Waals surface area contributed by atoms with Gasteiger partial charge < -0.3 is 5.11 Å². The van der Waals surface area contributed by atoms with E-state index >= 15 is 0 Å². The molecule has 1 heterocycles. The van der Waals surface area contributed by atoms with Gasteiger partial charge in [-0.05, 0) is 12.1 Å². The highest BCUT2D eigenvalue weighted by molar-refractivity contribution is 6.04. The minimum atomic E-state index is -1.23. The zero-order valence-corrected chi connectivity index (χ0v) is 6.53. The maximum atomic E-state index is 12.3. The van der Waals surface area contributed by atoms with Crippen LogP contribution in [-0.4, -0.2) is 21.8 Å². The molecule has 1 N–H and O–H groups in total. The molecule has 0 amide bonds. The number of pyridine rings is 1. The highest BCUT2D eigenvalue weighted by Gasteiger charge is 2.11. The van der Waals surface area contributed by atoms with Crippen molar-refractivity contribution in [3.63, 3.8) is 0 Å². The first-order valence-corrected chi connectivity index (χ1v) is 3.46. The monoisotopic (exact) mass is 183 g/mol. The van der Waals surface area contributed by atoms with Crippen molar-refractivity contribution in [1.82, 2.24) is 4.98 Å². The molecule has 0 aliphatic rings. The molecule has 68 valence electrons. The number of Topliss-reactive ketones (excluding diaryl/α,β-unsaturated/α-hetero) is 1. The van der Waals surface area contributed by atoms with Crippen LogP contribution in [0.3, 0.4) is 0 Å². The number of carboxylic acid groups (broad SMARTS) is 1. The van der Waals surface area contributed by atoms with Crippen molar-refractivity contribution in [2.45, 2.75) is 6.42 Å². The van der Waals surface area contributed by atoms with Gasteiger partial charge in [-0.3, -0.25) is 14.6 Å². The molecule has 0 unspecified atom stereocenters. The van der Waals surface area contributed by atoms with E-state index < -0.39 is 24.0 Å². The molecule has 13 heavy (non-hydrogen) atoms. The second-order valence-corrected chi connectivity index (χ2v) is 2.36. The molecule has 0 spiro atoms. The van der Waals surface area contributed by atoms with Crippen molar-refractivity contribution in [3.8, 4) is 0 Å². The van der Waals surface area contributed by atoms with Crippen LogP contribution in [0, 0.1) is 5.82 Å². The molecule has 0 saturated heterocycles. The molecular weight excluding hydrogens is 177 g/mol. The third kappa shape index (κ3) is 2.62. The van der Waals surface area contributed by atoms with Gasteiger partial charge in [-0.1, -0.05) is 0 Å². The summed E-state index contributed by atoms with van der Waals surface area (Å²) in [6, 6.07) is 2.21. The topological polar surface area (TPSA) is 67.3 Å². The van der Waals surface area contributed by atoms with Gasteiger partial charge in [-0.25, -0.2) is 4.39 Å². The summed E-state index contributed by atoms with van der Waals surface area (Å²) in [5.74, 6) is -2.42. The molecule has 4 nitrogen and oxygen atoms in total. The molecule has 0 aliphatic carbocycles. The summed E-state index contributed by atoms with van der Waals surface area (Å²) >= 11 is 0. The Bertz CT molecular complexity index is 334. The fourth-order valence-electron chi connectivity index (χ4n) is 0.769. The second-order valence-electron chi connectivity index (χ2n) is 2.36. The van der Waals surface area contributed by atoms with Crippen molar-refractivity contribution < 1.29 is 19.1 Å². The Morgan fingerprint density at radius 2 is 2.15 bits per heavy atom. The number of ketones is 1. The van der Waals surface area contributed by atoms with Crippen LogP contribution in [0.1, 0.15) is 16.9 Å². The lowest BCUT2D eigenvalue weighted by atomic mass is 10.2. The fraction of sp³-hybridized carbons (Fsp3) is 0.125. The highest BCUT2D eigenvalue weighted by atomic mass is 19.1. The van der Waals surface area contributed by atoms with Gasteiger partial charge in [-0.15, -0.1) is 0 Å². The van der Waals surface area contributed by atoms with Crippen LogP contribution in [0.2, 0.25) is 0 Å². The number of hydrogen-bond acceptors (Lipinski definition) is 3. The van der Waals surface area contributed by atoms with Crippen LogP contribution in [0.25, 0.3) is 0 Å². The zero-order chi connectivity index (χ0) is 9.84. The van der Waals surface area contributed by atoms with Crippen LogP contribution in [0.15, 0.2) is 18.3 Å². The molecule has 0 aromatic carbocycles. The van der Waals surface area contributed by atoms with Crippen molar-refractivity contribution in [1.29, 1.82) is 0 Å². The van der Waals surface area contributed by atoms with E-state index in [2.05, 4.69) is 4.98 Å². The van der Waals surface area contributed by atoms with E-state index in [1.165, 1.54) is 0 Å². The quantitative estimate of drug-likeness (QED) is 0.557. The Kier molecular flexibility index (Phi) is 2.69. The number of carboxylic acids is 1. The van der Waals surface area contributed by atoms with Crippen LogP contribution in [0.5, 0.6) is 0 Å². The third-order valence-corrected chi connectivity index (χ3v) is 1.32. The van der Waals surface area contributed by atoms with Gasteiger partial charge >= 0.3 is 5.97 Å². The smallest absolute Gasteiger partial charge is 0.311 e. The Morgan fingerprint density at radius 1 is 1.46 bits per heavy atom. The number of carbonyl (C=O) groups excluding carboxylic acids is 1. The summed E-state index contributed by atoms with van der Waals surface area (Å²) in [6.07, 6.45) is 0.244. The molecule has 1 rings (SSSR count). The molecule has 0 atom stereocenters. The van der Waals surface area contributed by atoms with E-state index in [-0.39, 0.29) is 5.69 Å². The SMILES string of the molecule is O=C(O)CC(=O)c1ccc(F)cn1. The lowest BCUT2D eigenvalue weighted by Crippen LogP contribution is -2.08. The van der Waals surface area contributed by atoms with Crippen molar-refractivity contribution >= 4 is 11.8 Å². The number of halogens is 1. The van der Waals surface area contributed by atoms with E-state index in [0.717, 1.165) is 18.3 Å². The Morgan fingerprint density at radius 3 is 2.62 bits per heavy atom. The molecule has 0 radical (unpaired) electrons. The maximum Gasteiger partial charge on any atom is 0.311 e. The number of nitrogens with zero attached hydrogens (tertiary/aromatic N) is 1. The largest absolute Gasteiger partial charge is 0.481 e. The van der Waals surface area contributed by atoms with E-state index in [1.54, 1.807) is 0 Å². The summed E-state index contributed by atoms with van der Waals surface area (Å²) < 4.78 is 12.3. The third-order valence-electron chi connectivity index (χ3n) is 1.32. The molecule has 5 heteroatoms. The molecule has 1 aromatic heterocycles. The van der Waals surface area contributed by atoms with Gasteiger partial charge in [0.05, 0.1) is 6.20 Å². The minimum Gasteiger partial charge on any atom is -0.481 e. The van der Waals surface area contributed by atoms with Crippen molar-refractivity contribution in [3.05, 3.63) is 29.8 Å². The maximum absolute atomic E-state index is 12.3. The van der Waals surface area contributed by atoms with Gasteiger partial charge in [0.1, 0.15) is 17.9 Å². The van der Waals surface area contributed by atoms with Gasteiger partial charge in [0.15, 0.2) is 5.78 Å². The molecule has 1 aromatic rings. The summed E-state index contributed by atoms with van der Waals surface area (Å²) in [5.41, 5.74) is -0.0381. The number of hydrogen-bond donors (Lipinski definition) is 1. The average Bonchev–Trinajstić information content (AvgIpc) is 2.04. The summed E-state index contributed by atoms with van der Waals surface area (Å²) in [6.45, 7) is 0. The Labute approximate surface area is 73.0 Å². The lowest BCUT2D eigenvalue weighted by molar-refractivity contribution is -0.135. The molecule has 0 saturated carbocycles. The standard InChI is InChI=1S/C8H6FNO3/c9-5-1-2-6(10-4-5)7(11)3-8(12)13/h1-2,4H,3H2,(H,12,13). The van der Waals surface area contributed by atoms with Gasteiger partial charge in [0, 0.05) is 0 Å². The zero-order valence-electron chi connectivity index (χ0n) is 6.53. The van der Waals surface area contributed by atoms with Crippen LogP contribution < -0.4 is 0 Å². The lowest BCUT2D eigenvalue weighted by Gasteiger charge is -1.95. The first kappa shape index (κ1) is 9.31. The molecule has 0 fully saturated rings. The fourth-order valence-corrected chi connectivity index (χ4v) is 0.769. The first-order chi connectivity index (χ1) is 6.09. The van der Waals surface area contributed by atoms with Gasteiger partial charge in [0.25, 0.3) is 0 Å². The van der Waals surface area contributed by atoms with E-state index in [9.17, 15) is 14.0 Å². The Balaban J connectivity index is 2.78. The van der Waals surface area contributed by atoms with Gasteiger partial charge in [-0.2, -0.15) is 0 Å². The van der Waals surface area contributed by atoms with E-state index in [1.807, 2.05) is 0 Å². The van der Waals surface area contributed by atoms with E-state index in [4.69, 9.17) is 5.11 Å². The summed E-state index contributed by atoms with van der Waals surface area (Å²) in [5, 5.41) is 8.28. The van der Waals surface area contributed by atoms with Crippen LogP contribution >= 0.6 is 0 Å².